The van der Waals surface area contributed by atoms with Gasteiger partial charge in [-0.1, -0.05) is 0 Å². The number of fused-ring (bicyclic) bond motifs is 1. The summed E-state index contributed by atoms with van der Waals surface area (Å²) in [5.74, 6) is 0.279. The van der Waals surface area contributed by atoms with Crippen molar-refractivity contribution in [2.45, 2.75) is 45.7 Å². The molecule has 1 fully saturated rings. The molecule has 0 saturated heterocycles. The van der Waals surface area contributed by atoms with Crippen molar-refractivity contribution in [3.8, 4) is 0 Å². The SMILES string of the molecule is CC(C)NC(=O)c1n[nH]c2c1CN(C(=O)C1CC1)CC2. The molecule has 0 unspecified atom stereocenters. The molecule has 2 heterocycles. The van der Waals surface area contributed by atoms with Crippen LogP contribution in [0.1, 0.15) is 48.4 Å². The maximum absolute atomic E-state index is 12.1. The van der Waals surface area contributed by atoms with Crippen LogP contribution in [0.25, 0.3) is 0 Å². The second-order valence-corrected chi connectivity index (χ2v) is 5.94. The summed E-state index contributed by atoms with van der Waals surface area (Å²) in [5, 5.41) is 9.92. The Morgan fingerprint density at radius 2 is 2.15 bits per heavy atom. The van der Waals surface area contributed by atoms with Crippen molar-refractivity contribution in [3.63, 3.8) is 0 Å². The van der Waals surface area contributed by atoms with Crippen molar-refractivity contribution in [2.75, 3.05) is 6.54 Å². The van der Waals surface area contributed by atoms with Crippen molar-refractivity contribution >= 4 is 11.8 Å². The van der Waals surface area contributed by atoms with Crippen LogP contribution in [0.4, 0.5) is 0 Å². The number of aromatic amines is 1. The molecule has 0 spiro atoms. The van der Waals surface area contributed by atoms with E-state index >= 15 is 0 Å². The second kappa shape index (κ2) is 4.92. The second-order valence-electron chi connectivity index (χ2n) is 5.94. The lowest BCUT2D eigenvalue weighted by molar-refractivity contribution is -0.133. The van der Waals surface area contributed by atoms with Gasteiger partial charge in [0.1, 0.15) is 0 Å². The van der Waals surface area contributed by atoms with Gasteiger partial charge in [-0.3, -0.25) is 14.7 Å². The highest BCUT2D eigenvalue weighted by Crippen LogP contribution is 2.33. The molecule has 2 N–H and O–H groups in total. The molecule has 0 atom stereocenters. The molecule has 20 heavy (non-hydrogen) atoms. The van der Waals surface area contributed by atoms with Gasteiger partial charge in [0.05, 0.1) is 0 Å². The third-order valence-electron chi connectivity index (χ3n) is 3.81. The maximum Gasteiger partial charge on any atom is 0.272 e. The number of carbonyl (C=O) groups is 2. The summed E-state index contributed by atoms with van der Waals surface area (Å²) in [6.07, 6.45) is 2.76. The highest BCUT2D eigenvalue weighted by Gasteiger charge is 2.36. The Balaban J connectivity index is 1.78. The zero-order valence-electron chi connectivity index (χ0n) is 11.9. The summed E-state index contributed by atoms with van der Waals surface area (Å²) >= 11 is 0. The molecular formula is C14H20N4O2. The molecule has 2 amide bonds. The third kappa shape index (κ3) is 2.42. The fourth-order valence-corrected chi connectivity index (χ4v) is 2.59. The van der Waals surface area contributed by atoms with E-state index in [9.17, 15) is 9.59 Å². The molecule has 0 aromatic carbocycles. The van der Waals surface area contributed by atoms with Crippen LogP contribution in [0.15, 0.2) is 0 Å². The summed E-state index contributed by atoms with van der Waals surface area (Å²) in [5.41, 5.74) is 2.30. The fraction of sp³-hybridized carbons (Fsp3) is 0.643. The van der Waals surface area contributed by atoms with Gasteiger partial charge in [0, 0.05) is 42.7 Å². The summed E-state index contributed by atoms with van der Waals surface area (Å²) < 4.78 is 0. The van der Waals surface area contributed by atoms with Crippen LogP contribution in [0.3, 0.4) is 0 Å². The van der Waals surface area contributed by atoms with E-state index in [1.807, 2.05) is 18.7 Å². The van der Waals surface area contributed by atoms with Crippen LogP contribution < -0.4 is 5.32 Å². The van der Waals surface area contributed by atoms with Gasteiger partial charge in [-0.2, -0.15) is 5.10 Å². The summed E-state index contributed by atoms with van der Waals surface area (Å²) in [7, 11) is 0. The van der Waals surface area contributed by atoms with Gasteiger partial charge in [-0.15, -0.1) is 0 Å². The van der Waals surface area contributed by atoms with E-state index < -0.39 is 0 Å². The molecule has 1 aromatic rings. The molecule has 108 valence electrons. The molecule has 1 aliphatic carbocycles. The van der Waals surface area contributed by atoms with E-state index in [0.29, 0.717) is 12.2 Å². The zero-order chi connectivity index (χ0) is 14.3. The van der Waals surface area contributed by atoms with Gasteiger partial charge in [0.25, 0.3) is 5.91 Å². The standard InChI is InChI=1S/C14H20N4O2/c1-8(2)15-13(19)12-10-7-18(14(20)9-3-4-9)6-5-11(10)16-17-12/h8-9H,3-7H2,1-2H3,(H,15,19)(H,16,17). The average molecular weight is 276 g/mol. The first-order valence-corrected chi connectivity index (χ1v) is 7.22. The van der Waals surface area contributed by atoms with Gasteiger partial charge >= 0.3 is 0 Å². The molecule has 3 rings (SSSR count). The summed E-state index contributed by atoms with van der Waals surface area (Å²) in [4.78, 5) is 26.1. The normalized spacial score (nSPS) is 18.1. The van der Waals surface area contributed by atoms with Gasteiger partial charge in [0.2, 0.25) is 5.91 Å². The number of H-pyrrole nitrogens is 1. The number of aromatic nitrogens is 2. The van der Waals surface area contributed by atoms with E-state index in [1.54, 1.807) is 0 Å². The van der Waals surface area contributed by atoms with E-state index in [2.05, 4.69) is 15.5 Å². The van der Waals surface area contributed by atoms with Crippen molar-refractivity contribution in [2.24, 2.45) is 5.92 Å². The largest absolute Gasteiger partial charge is 0.348 e. The Bertz CT molecular complexity index is 545. The minimum Gasteiger partial charge on any atom is -0.348 e. The number of carbonyl (C=O) groups excluding carboxylic acids is 2. The molecule has 1 aromatic heterocycles. The quantitative estimate of drug-likeness (QED) is 0.859. The van der Waals surface area contributed by atoms with Crippen LogP contribution >= 0.6 is 0 Å². The molecular weight excluding hydrogens is 256 g/mol. The van der Waals surface area contributed by atoms with Crippen molar-refractivity contribution < 1.29 is 9.59 Å². The third-order valence-corrected chi connectivity index (χ3v) is 3.81. The molecule has 0 bridgehead atoms. The van der Waals surface area contributed by atoms with Gasteiger partial charge in [-0.25, -0.2) is 0 Å². The molecule has 6 heteroatoms. The van der Waals surface area contributed by atoms with Crippen LogP contribution in [0.2, 0.25) is 0 Å². The molecule has 2 aliphatic rings. The van der Waals surface area contributed by atoms with E-state index in [1.165, 1.54) is 0 Å². The zero-order valence-corrected chi connectivity index (χ0v) is 11.9. The van der Waals surface area contributed by atoms with Crippen molar-refractivity contribution in [1.82, 2.24) is 20.4 Å². The summed E-state index contributed by atoms with van der Waals surface area (Å²) in [6, 6.07) is 0.0719. The van der Waals surface area contributed by atoms with Crippen LogP contribution in [0, 0.1) is 5.92 Å². The van der Waals surface area contributed by atoms with Gasteiger partial charge in [0.15, 0.2) is 5.69 Å². The predicted molar refractivity (Wildman–Crippen MR) is 73.0 cm³/mol. The van der Waals surface area contributed by atoms with Gasteiger partial charge < -0.3 is 10.2 Å². The first-order valence-electron chi connectivity index (χ1n) is 7.22. The number of amides is 2. The number of nitrogens with zero attached hydrogens (tertiary/aromatic N) is 2. The van der Waals surface area contributed by atoms with E-state index in [4.69, 9.17) is 0 Å². The first-order chi connectivity index (χ1) is 9.56. The molecule has 1 aliphatic heterocycles. The lowest BCUT2D eigenvalue weighted by Gasteiger charge is -2.27. The van der Waals surface area contributed by atoms with E-state index in [-0.39, 0.29) is 23.8 Å². The van der Waals surface area contributed by atoms with Crippen LogP contribution in [-0.2, 0) is 17.8 Å². The number of nitrogens with one attached hydrogen (secondary N) is 2. The Morgan fingerprint density at radius 1 is 1.40 bits per heavy atom. The lowest BCUT2D eigenvalue weighted by atomic mass is 10.0. The Kier molecular flexibility index (Phi) is 3.23. The predicted octanol–water partition coefficient (Wildman–Crippen LogP) is 0.843. The van der Waals surface area contributed by atoms with E-state index in [0.717, 1.165) is 37.1 Å². The average Bonchev–Trinajstić information content (AvgIpc) is 3.16. The van der Waals surface area contributed by atoms with Crippen molar-refractivity contribution in [1.29, 1.82) is 0 Å². The smallest absolute Gasteiger partial charge is 0.272 e. The Labute approximate surface area is 117 Å². The summed E-state index contributed by atoms with van der Waals surface area (Å²) in [6.45, 7) is 5.05. The fourth-order valence-electron chi connectivity index (χ4n) is 2.59. The van der Waals surface area contributed by atoms with Crippen LogP contribution in [0.5, 0.6) is 0 Å². The number of hydrogen-bond acceptors (Lipinski definition) is 3. The number of rotatable bonds is 3. The first kappa shape index (κ1) is 13.1. The minimum atomic E-state index is -0.168. The maximum atomic E-state index is 12.1. The highest BCUT2D eigenvalue weighted by atomic mass is 16.2. The molecule has 1 saturated carbocycles. The molecule has 6 nitrogen and oxygen atoms in total. The monoisotopic (exact) mass is 276 g/mol. The number of hydrogen-bond donors (Lipinski definition) is 2. The highest BCUT2D eigenvalue weighted by molar-refractivity contribution is 5.94. The van der Waals surface area contributed by atoms with Crippen molar-refractivity contribution in [3.05, 3.63) is 17.0 Å². The van der Waals surface area contributed by atoms with Crippen LogP contribution in [-0.4, -0.2) is 39.5 Å². The molecule has 0 radical (unpaired) electrons. The Morgan fingerprint density at radius 3 is 2.80 bits per heavy atom. The topological polar surface area (TPSA) is 78.1 Å². The minimum absolute atomic E-state index is 0.0719. The van der Waals surface area contributed by atoms with Gasteiger partial charge in [-0.05, 0) is 26.7 Å². The lowest BCUT2D eigenvalue weighted by Crippen LogP contribution is -2.38. The Hall–Kier alpha value is -1.85.